The maximum absolute atomic E-state index is 12.7. The van der Waals surface area contributed by atoms with Gasteiger partial charge in [-0.05, 0) is 26.0 Å². The molecule has 2 rings (SSSR count). The van der Waals surface area contributed by atoms with Crippen LogP contribution in [0.3, 0.4) is 0 Å². The molecule has 0 radical (unpaired) electrons. The Morgan fingerprint density at radius 2 is 1.92 bits per heavy atom. The Labute approximate surface area is 142 Å². The van der Waals surface area contributed by atoms with Gasteiger partial charge in [-0.1, -0.05) is 12.1 Å². The topological polar surface area (TPSA) is 90.7 Å². The average Bonchev–Trinajstić information content (AvgIpc) is 2.61. The lowest BCUT2D eigenvalue weighted by molar-refractivity contribution is -0.143. The van der Waals surface area contributed by atoms with Crippen molar-refractivity contribution in [1.82, 2.24) is 9.21 Å². The number of carbonyl (C=O) groups excluding carboxylic acids is 1. The smallest absolute Gasteiger partial charge is 0.251 e. The highest BCUT2D eigenvalue weighted by Gasteiger charge is 2.32. The third-order valence-corrected chi connectivity index (χ3v) is 5.90. The van der Waals surface area contributed by atoms with Gasteiger partial charge in [0.25, 0.3) is 5.91 Å². The van der Waals surface area contributed by atoms with E-state index in [-0.39, 0.29) is 29.5 Å². The second-order valence-corrected chi connectivity index (χ2v) is 7.34. The lowest BCUT2D eigenvalue weighted by atomic mass is 10.2. The number of piperazine rings is 1. The van der Waals surface area contributed by atoms with Crippen LogP contribution in [0.4, 0.5) is 0 Å². The standard InChI is InChI=1S/C16H21N3O4S/c1-3-23-13(2)16(20)18-8-10-19(11-9-18)24(21,22)15-7-5-4-6-14(15)12-17/h4-7,13H,3,8-11H2,1-2H3. The molecule has 0 saturated carbocycles. The highest BCUT2D eigenvalue weighted by Crippen LogP contribution is 2.21. The lowest BCUT2D eigenvalue weighted by Crippen LogP contribution is -2.52. The van der Waals surface area contributed by atoms with Crippen LogP contribution in [-0.4, -0.2) is 62.4 Å². The summed E-state index contributed by atoms with van der Waals surface area (Å²) in [7, 11) is -3.74. The molecule has 130 valence electrons. The fourth-order valence-corrected chi connectivity index (χ4v) is 4.21. The number of nitriles is 1. The van der Waals surface area contributed by atoms with Gasteiger partial charge in [0.2, 0.25) is 10.0 Å². The molecule has 1 amide bonds. The minimum absolute atomic E-state index is 0.00922. The molecule has 1 atom stereocenters. The summed E-state index contributed by atoms with van der Waals surface area (Å²) in [6.45, 7) is 4.99. The summed E-state index contributed by atoms with van der Waals surface area (Å²) in [5, 5.41) is 9.11. The summed E-state index contributed by atoms with van der Waals surface area (Å²) in [4.78, 5) is 13.8. The molecule has 24 heavy (non-hydrogen) atoms. The van der Waals surface area contributed by atoms with Crippen molar-refractivity contribution in [2.75, 3.05) is 32.8 Å². The van der Waals surface area contributed by atoms with Crippen molar-refractivity contribution >= 4 is 15.9 Å². The van der Waals surface area contributed by atoms with Gasteiger partial charge in [-0.3, -0.25) is 4.79 Å². The van der Waals surface area contributed by atoms with Gasteiger partial charge < -0.3 is 9.64 Å². The predicted octanol–water partition coefficient (Wildman–Crippen LogP) is 0.816. The van der Waals surface area contributed by atoms with Gasteiger partial charge in [0.05, 0.1) is 10.5 Å². The molecule has 1 aliphatic rings. The Morgan fingerprint density at radius 3 is 2.50 bits per heavy atom. The molecule has 0 aromatic heterocycles. The van der Waals surface area contributed by atoms with E-state index in [4.69, 9.17) is 10.00 Å². The van der Waals surface area contributed by atoms with Crippen LogP contribution >= 0.6 is 0 Å². The molecule has 0 spiro atoms. The van der Waals surface area contributed by atoms with Crippen molar-refractivity contribution in [3.8, 4) is 6.07 Å². The van der Waals surface area contributed by atoms with Gasteiger partial charge in [0.1, 0.15) is 12.2 Å². The first-order valence-electron chi connectivity index (χ1n) is 7.81. The van der Waals surface area contributed by atoms with Gasteiger partial charge in [-0.2, -0.15) is 9.57 Å². The van der Waals surface area contributed by atoms with Crippen LogP contribution < -0.4 is 0 Å². The minimum atomic E-state index is -3.74. The molecule has 1 unspecified atom stereocenters. The first kappa shape index (κ1) is 18.4. The number of hydrogen-bond acceptors (Lipinski definition) is 5. The molecule has 0 aliphatic carbocycles. The fourth-order valence-electron chi connectivity index (χ4n) is 2.65. The van der Waals surface area contributed by atoms with E-state index >= 15 is 0 Å². The monoisotopic (exact) mass is 351 g/mol. The maximum atomic E-state index is 12.7. The van der Waals surface area contributed by atoms with Crippen molar-refractivity contribution in [2.24, 2.45) is 0 Å². The van der Waals surface area contributed by atoms with Crippen LogP contribution in [-0.2, 0) is 19.6 Å². The number of hydrogen-bond donors (Lipinski definition) is 0. The Morgan fingerprint density at radius 1 is 1.29 bits per heavy atom. The third kappa shape index (κ3) is 3.75. The number of amides is 1. The number of sulfonamides is 1. The molecule has 1 saturated heterocycles. The van der Waals surface area contributed by atoms with E-state index in [0.29, 0.717) is 19.7 Å². The van der Waals surface area contributed by atoms with E-state index in [0.717, 1.165) is 0 Å². The van der Waals surface area contributed by atoms with Crippen molar-refractivity contribution in [3.63, 3.8) is 0 Å². The van der Waals surface area contributed by atoms with Crippen LogP contribution in [0.2, 0.25) is 0 Å². The second-order valence-electron chi connectivity index (χ2n) is 5.43. The number of nitrogens with zero attached hydrogens (tertiary/aromatic N) is 3. The normalized spacial score (nSPS) is 17.3. The molecule has 1 heterocycles. The van der Waals surface area contributed by atoms with Crippen LogP contribution in [0.5, 0.6) is 0 Å². The summed E-state index contributed by atoms with van der Waals surface area (Å²) in [5.74, 6) is -0.133. The summed E-state index contributed by atoms with van der Waals surface area (Å²) < 4.78 is 32.1. The highest BCUT2D eigenvalue weighted by atomic mass is 32.2. The Bertz CT molecular complexity index is 734. The molecule has 7 nitrogen and oxygen atoms in total. The average molecular weight is 351 g/mol. The molecule has 1 aliphatic heterocycles. The molecule has 0 N–H and O–H groups in total. The zero-order valence-electron chi connectivity index (χ0n) is 13.8. The summed E-state index contributed by atoms with van der Waals surface area (Å²) in [5.41, 5.74) is 0.126. The second kappa shape index (κ2) is 7.75. The van der Waals surface area contributed by atoms with Crippen molar-refractivity contribution in [3.05, 3.63) is 29.8 Å². The SMILES string of the molecule is CCOC(C)C(=O)N1CCN(S(=O)(=O)c2ccccc2C#N)CC1. The maximum Gasteiger partial charge on any atom is 0.251 e. The van der Waals surface area contributed by atoms with E-state index in [1.54, 1.807) is 24.0 Å². The van der Waals surface area contributed by atoms with Crippen LogP contribution in [0.25, 0.3) is 0 Å². The van der Waals surface area contributed by atoms with Crippen molar-refractivity contribution < 1.29 is 17.9 Å². The Kier molecular flexibility index (Phi) is 5.94. The first-order chi connectivity index (χ1) is 11.4. The highest BCUT2D eigenvalue weighted by molar-refractivity contribution is 7.89. The van der Waals surface area contributed by atoms with E-state index in [2.05, 4.69) is 0 Å². The number of rotatable bonds is 5. The van der Waals surface area contributed by atoms with Crippen molar-refractivity contribution in [1.29, 1.82) is 5.26 Å². The van der Waals surface area contributed by atoms with E-state index in [9.17, 15) is 13.2 Å². The zero-order valence-corrected chi connectivity index (χ0v) is 14.6. The van der Waals surface area contributed by atoms with E-state index in [1.807, 2.05) is 13.0 Å². The Hall–Kier alpha value is -1.95. The van der Waals surface area contributed by atoms with Gasteiger partial charge in [0, 0.05) is 32.8 Å². The van der Waals surface area contributed by atoms with E-state index in [1.165, 1.54) is 16.4 Å². The van der Waals surface area contributed by atoms with E-state index < -0.39 is 16.1 Å². The Balaban J connectivity index is 2.09. The van der Waals surface area contributed by atoms with Crippen LogP contribution in [0, 0.1) is 11.3 Å². The first-order valence-corrected chi connectivity index (χ1v) is 9.25. The summed E-state index contributed by atoms with van der Waals surface area (Å²) in [6.07, 6.45) is -0.530. The summed E-state index contributed by atoms with van der Waals surface area (Å²) >= 11 is 0. The van der Waals surface area contributed by atoms with Gasteiger partial charge >= 0.3 is 0 Å². The number of carbonyl (C=O) groups is 1. The largest absolute Gasteiger partial charge is 0.369 e. The molecule has 1 aromatic carbocycles. The predicted molar refractivity (Wildman–Crippen MR) is 87.6 cm³/mol. The number of benzene rings is 1. The zero-order chi connectivity index (χ0) is 17.7. The molecule has 1 fully saturated rings. The fraction of sp³-hybridized carbons (Fsp3) is 0.500. The van der Waals surface area contributed by atoms with Crippen LogP contribution in [0.1, 0.15) is 19.4 Å². The van der Waals surface area contributed by atoms with Crippen molar-refractivity contribution in [2.45, 2.75) is 24.8 Å². The van der Waals surface area contributed by atoms with Gasteiger partial charge in [-0.15, -0.1) is 0 Å². The van der Waals surface area contributed by atoms with Crippen LogP contribution in [0.15, 0.2) is 29.2 Å². The lowest BCUT2D eigenvalue weighted by Gasteiger charge is -2.35. The minimum Gasteiger partial charge on any atom is -0.369 e. The van der Waals surface area contributed by atoms with Gasteiger partial charge in [0.15, 0.2) is 0 Å². The van der Waals surface area contributed by atoms with Gasteiger partial charge in [-0.25, -0.2) is 8.42 Å². The molecular weight excluding hydrogens is 330 g/mol. The third-order valence-electron chi connectivity index (χ3n) is 3.94. The quantitative estimate of drug-likeness (QED) is 0.783. The molecule has 0 bridgehead atoms. The molecule has 1 aromatic rings. The number of ether oxygens (including phenoxy) is 1. The molecular formula is C16H21N3O4S. The summed E-state index contributed by atoms with van der Waals surface area (Å²) in [6, 6.07) is 8.05. The molecule has 8 heteroatoms.